The van der Waals surface area contributed by atoms with Crippen LogP contribution in [-0.4, -0.2) is 54.0 Å². The van der Waals surface area contributed by atoms with Crippen molar-refractivity contribution in [1.82, 2.24) is 4.90 Å². The molecule has 162 valence electrons. The number of aliphatic imine (C=N–C) groups is 1. The monoisotopic (exact) mass is 478 g/mol. The molecule has 0 N–H and O–H groups in total. The zero-order valence-corrected chi connectivity index (χ0v) is 18.8. The molecule has 31 heavy (non-hydrogen) atoms. The Hall–Kier alpha value is -2.23. The minimum absolute atomic E-state index is 0.0691. The molecule has 2 saturated heterocycles. The molecule has 2 atom stereocenters. The van der Waals surface area contributed by atoms with E-state index >= 15 is 0 Å². The highest BCUT2D eigenvalue weighted by Gasteiger charge is 2.48. The molecule has 2 aromatic rings. The number of halogens is 1. The minimum atomic E-state index is -3.10. The van der Waals surface area contributed by atoms with Gasteiger partial charge in [-0.25, -0.2) is 8.42 Å². The zero-order chi connectivity index (χ0) is 21.6. The number of thioether (sulfide) groups is 1. The number of sulfone groups is 1. The summed E-state index contributed by atoms with van der Waals surface area (Å²) in [5.41, 5.74) is 1.76. The van der Waals surface area contributed by atoms with Gasteiger partial charge in [0.1, 0.15) is 0 Å². The van der Waals surface area contributed by atoms with Crippen molar-refractivity contribution < 1.29 is 22.7 Å². The standard InChI is InChI=1S/C21H19ClN2O5S2/c22-15-4-1-13(2-5-15)8-20(25)23-21-24(16-10-31(26,27)11-19(16)30-21)9-14-3-6-17-18(7-14)29-12-28-17/h1-7,16,19H,8-12H2/t16-,19-/m0/s1. The van der Waals surface area contributed by atoms with E-state index in [4.69, 9.17) is 21.1 Å². The average molecular weight is 479 g/mol. The predicted octanol–water partition coefficient (Wildman–Crippen LogP) is 2.91. The number of amidine groups is 1. The van der Waals surface area contributed by atoms with Crippen molar-refractivity contribution in [2.24, 2.45) is 4.99 Å². The number of rotatable bonds is 4. The molecule has 5 rings (SSSR count). The Labute approximate surface area is 189 Å². The quantitative estimate of drug-likeness (QED) is 0.667. The molecule has 10 heteroatoms. The van der Waals surface area contributed by atoms with Gasteiger partial charge in [0.25, 0.3) is 5.91 Å². The molecule has 1 amide bonds. The Morgan fingerprint density at radius 2 is 1.84 bits per heavy atom. The Morgan fingerprint density at radius 1 is 1.10 bits per heavy atom. The topological polar surface area (TPSA) is 85.3 Å². The van der Waals surface area contributed by atoms with Crippen LogP contribution in [-0.2, 0) is 27.6 Å². The largest absolute Gasteiger partial charge is 0.454 e. The summed E-state index contributed by atoms with van der Waals surface area (Å²) >= 11 is 7.28. The van der Waals surface area contributed by atoms with Crippen molar-refractivity contribution in [3.63, 3.8) is 0 Å². The van der Waals surface area contributed by atoms with E-state index in [1.54, 1.807) is 24.3 Å². The summed E-state index contributed by atoms with van der Waals surface area (Å²) in [7, 11) is -3.10. The first-order valence-corrected chi connectivity index (χ1v) is 12.8. The van der Waals surface area contributed by atoms with Crippen LogP contribution < -0.4 is 9.47 Å². The lowest BCUT2D eigenvalue weighted by Crippen LogP contribution is -2.37. The molecule has 0 spiro atoms. The van der Waals surface area contributed by atoms with Crippen molar-refractivity contribution in [2.45, 2.75) is 24.3 Å². The molecule has 3 aliphatic rings. The molecule has 0 aliphatic carbocycles. The second-order valence-corrected chi connectivity index (χ2v) is 11.5. The molecule has 2 fully saturated rings. The molecular formula is C21H19ClN2O5S2. The number of carbonyl (C=O) groups is 1. The molecule has 0 saturated carbocycles. The summed E-state index contributed by atoms with van der Waals surface area (Å²) in [5.74, 6) is 1.25. The van der Waals surface area contributed by atoms with E-state index in [1.165, 1.54) is 11.8 Å². The van der Waals surface area contributed by atoms with Gasteiger partial charge in [0.05, 0.1) is 24.0 Å². The van der Waals surface area contributed by atoms with Gasteiger partial charge < -0.3 is 14.4 Å². The molecule has 0 unspecified atom stereocenters. The van der Waals surface area contributed by atoms with Gasteiger partial charge in [-0.2, -0.15) is 4.99 Å². The Bertz CT molecular complexity index is 1170. The van der Waals surface area contributed by atoms with E-state index in [-0.39, 0.29) is 41.9 Å². The van der Waals surface area contributed by atoms with Gasteiger partial charge in [-0.3, -0.25) is 4.79 Å². The van der Waals surface area contributed by atoms with Crippen LogP contribution >= 0.6 is 23.4 Å². The van der Waals surface area contributed by atoms with Crippen LogP contribution in [0.4, 0.5) is 0 Å². The summed E-state index contributed by atoms with van der Waals surface area (Å²) in [4.78, 5) is 18.9. The van der Waals surface area contributed by atoms with Crippen molar-refractivity contribution in [1.29, 1.82) is 0 Å². The molecule has 2 aromatic carbocycles. The van der Waals surface area contributed by atoms with Gasteiger partial charge in [-0.1, -0.05) is 41.6 Å². The van der Waals surface area contributed by atoms with Gasteiger partial charge in [-0.05, 0) is 35.4 Å². The lowest BCUT2D eigenvalue weighted by molar-refractivity contribution is -0.117. The predicted molar refractivity (Wildman–Crippen MR) is 120 cm³/mol. The van der Waals surface area contributed by atoms with Crippen LogP contribution in [0.25, 0.3) is 0 Å². The maximum absolute atomic E-state index is 12.6. The first-order chi connectivity index (χ1) is 14.9. The van der Waals surface area contributed by atoms with Gasteiger partial charge in [0.15, 0.2) is 26.5 Å². The van der Waals surface area contributed by atoms with Gasteiger partial charge in [-0.15, -0.1) is 0 Å². The third-order valence-electron chi connectivity index (χ3n) is 5.45. The number of fused-ring (bicyclic) bond motifs is 2. The van der Waals surface area contributed by atoms with E-state index in [1.807, 2.05) is 23.1 Å². The van der Waals surface area contributed by atoms with Crippen molar-refractivity contribution >= 4 is 44.3 Å². The van der Waals surface area contributed by atoms with Crippen molar-refractivity contribution in [3.8, 4) is 11.5 Å². The fourth-order valence-corrected chi connectivity index (χ4v) is 8.07. The Balaban J connectivity index is 1.39. The second kappa shape index (κ2) is 8.03. The lowest BCUT2D eigenvalue weighted by Gasteiger charge is -2.24. The summed E-state index contributed by atoms with van der Waals surface area (Å²) in [6.45, 7) is 0.626. The van der Waals surface area contributed by atoms with E-state index in [9.17, 15) is 13.2 Å². The number of hydrogen-bond donors (Lipinski definition) is 0. The van der Waals surface area contributed by atoms with E-state index in [0.717, 1.165) is 11.1 Å². The molecule has 0 aromatic heterocycles. The van der Waals surface area contributed by atoms with Crippen LogP contribution in [0.1, 0.15) is 11.1 Å². The third kappa shape index (κ3) is 4.40. The third-order valence-corrected chi connectivity index (χ3v) is 8.95. The maximum Gasteiger partial charge on any atom is 0.252 e. The number of hydrogen-bond acceptors (Lipinski definition) is 6. The average Bonchev–Trinajstić information content (AvgIpc) is 3.37. The molecule has 3 aliphatic heterocycles. The zero-order valence-electron chi connectivity index (χ0n) is 16.4. The number of amides is 1. The van der Waals surface area contributed by atoms with Crippen LogP contribution in [0.2, 0.25) is 5.02 Å². The molecular weight excluding hydrogens is 460 g/mol. The van der Waals surface area contributed by atoms with Crippen molar-refractivity contribution in [2.75, 3.05) is 18.3 Å². The van der Waals surface area contributed by atoms with E-state index in [2.05, 4.69) is 4.99 Å². The SMILES string of the molecule is O=C(Cc1ccc(Cl)cc1)N=C1S[C@H]2CS(=O)(=O)C[C@@H]2N1Cc1ccc2c(c1)OCO2. The smallest absolute Gasteiger partial charge is 0.252 e. The number of carbonyl (C=O) groups excluding carboxylic acids is 1. The van der Waals surface area contributed by atoms with Gasteiger partial charge in [0, 0.05) is 16.8 Å². The summed E-state index contributed by atoms with van der Waals surface area (Å²) in [6.07, 6.45) is 0.159. The minimum Gasteiger partial charge on any atom is -0.454 e. The highest BCUT2D eigenvalue weighted by molar-refractivity contribution is 8.15. The highest BCUT2D eigenvalue weighted by Crippen LogP contribution is 2.40. The molecule has 0 radical (unpaired) electrons. The molecule has 0 bridgehead atoms. The van der Waals surface area contributed by atoms with Gasteiger partial charge in [0.2, 0.25) is 6.79 Å². The first kappa shape index (κ1) is 20.7. The second-order valence-electron chi connectivity index (χ2n) is 7.71. The van der Waals surface area contributed by atoms with Crippen LogP contribution in [0, 0.1) is 0 Å². The fraction of sp³-hybridized carbons (Fsp3) is 0.333. The molecule has 7 nitrogen and oxygen atoms in total. The highest BCUT2D eigenvalue weighted by atomic mass is 35.5. The van der Waals surface area contributed by atoms with Gasteiger partial charge >= 0.3 is 0 Å². The first-order valence-electron chi connectivity index (χ1n) is 9.74. The molecule has 3 heterocycles. The normalized spacial score (nSPS) is 24.5. The van der Waals surface area contributed by atoms with Crippen molar-refractivity contribution in [3.05, 3.63) is 58.6 Å². The van der Waals surface area contributed by atoms with E-state index < -0.39 is 9.84 Å². The summed E-state index contributed by atoms with van der Waals surface area (Å²) in [6, 6.07) is 12.5. The van der Waals surface area contributed by atoms with Crippen LogP contribution in [0.15, 0.2) is 47.5 Å². The van der Waals surface area contributed by atoms with Crippen LogP contribution in [0.5, 0.6) is 11.5 Å². The fourth-order valence-electron chi connectivity index (χ4n) is 3.98. The number of nitrogens with zero attached hydrogens (tertiary/aromatic N) is 2. The lowest BCUT2D eigenvalue weighted by atomic mass is 10.1. The Kier molecular flexibility index (Phi) is 5.35. The van der Waals surface area contributed by atoms with E-state index in [0.29, 0.717) is 28.2 Å². The van der Waals surface area contributed by atoms with Crippen LogP contribution in [0.3, 0.4) is 0 Å². The Morgan fingerprint density at radius 3 is 2.65 bits per heavy atom. The maximum atomic E-state index is 12.6. The summed E-state index contributed by atoms with van der Waals surface area (Å²) in [5, 5.41) is 1.06. The summed E-state index contributed by atoms with van der Waals surface area (Å²) < 4.78 is 35.2. The number of benzene rings is 2. The number of ether oxygens (including phenoxy) is 2.